The molecule has 82 valence electrons. The Balaban J connectivity index is 2.54. The topological polar surface area (TPSA) is 20.2 Å². The maximum absolute atomic E-state index is 9.38. The monoisotopic (exact) mass is 250 g/mol. The summed E-state index contributed by atoms with van der Waals surface area (Å²) in [5.74, 6) is 0.118. The molecule has 2 aromatic rings. The van der Waals surface area contributed by atoms with Gasteiger partial charge in [0.05, 0.1) is 5.02 Å². The van der Waals surface area contributed by atoms with E-state index >= 15 is 0 Å². The third kappa shape index (κ3) is 2.18. The van der Waals surface area contributed by atoms with Crippen LogP contribution >= 0.6 is 23.4 Å². The van der Waals surface area contributed by atoms with E-state index in [-0.39, 0.29) is 5.75 Å². The van der Waals surface area contributed by atoms with Crippen molar-refractivity contribution in [3.05, 3.63) is 47.5 Å². The number of rotatable bonds is 2. The fourth-order valence-corrected chi connectivity index (χ4v) is 2.36. The number of phenols is 1. The predicted molar refractivity (Wildman–Crippen MR) is 70.3 cm³/mol. The van der Waals surface area contributed by atoms with Crippen molar-refractivity contribution < 1.29 is 5.11 Å². The Morgan fingerprint density at radius 1 is 1.12 bits per heavy atom. The van der Waals surface area contributed by atoms with Crippen LogP contribution in [0.25, 0.3) is 11.1 Å². The summed E-state index contributed by atoms with van der Waals surface area (Å²) in [6.07, 6.45) is 2.04. The number of hydrogen-bond acceptors (Lipinski definition) is 2. The van der Waals surface area contributed by atoms with Gasteiger partial charge in [0.15, 0.2) is 0 Å². The summed E-state index contributed by atoms with van der Waals surface area (Å²) in [6, 6.07) is 13.4. The summed E-state index contributed by atoms with van der Waals surface area (Å²) in [5, 5.41) is 9.76. The highest BCUT2D eigenvalue weighted by Crippen LogP contribution is 2.34. The minimum Gasteiger partial charge on any atom is -0.506 e. The first-order chi connectivity index (χ1) is 7.72. The van der Waals surface area contributed by atoms with E-state index in [1.807, 2.05) is 24.5 Å². The number of benzene rings is 2. The van der Waals surface area contributed by atoms with E-state index in [1.54, 1.807) is 23.9 Å². The minimum atomic E-state index is 0.118. The highest BCUT2D eigenvalue weighted by Gasteiger charge is 2.05. The van der Waals surface area contributed by atoms with Gasteiger partial charge in [-0.3, -0.25) is 0 Å². The van der Waals surface area contributed by atoms with Crippen LogP contribution in [0.2, 0.25) is 5.02 Å². The normalized spacial score (nSPS) is 10.4. The second-order valence-electron chi connectivity index (χ2n) is 3.37. The fourth-order valence-electron chi connectivity index (χ4n) is 1.56. The van der Waals surface area contributed by atoms with Crippen LogP contribution in [-0.4, -0.2) is 11.4 Å². The van der Waals surface area contributed by atoms with E-state index < -0.39 is 0 Å². The fraction of sp³-hybridized carbons (Fsp3) is 0.0769. The van der Waals surface area contributed by atoms with Gasteiger partial charge in [0, 0.05) is 4.90 Å². The highest BCUT2D eigenvalue weighted by atomic mass is 35.5. The zero-order valence-electron chi connectivity index (χ0n) is 8.77. The Morgan fingerprint density at radius 2 is 1.88 bits per heavy atom. The molecule has 0 atom stereocenters. The van der Waals surface area contributed by atoms with Gasteiger partial charge in [-0.2, -0.15) is 0 Å². The Bertz CT molecular complexity index is 511. The lowest BCUT2D eigenvalue weighted by Crippen LogP contribution is -1.81. The number of hydrogen-bond donors (Lipinski definition) is 1. The summed E-state index contributed by atoms with van der Waals surface area (Å²) in [5.41, 5.74) is 2.16. The molecule has 0 aliphatic heterocycles. The summed E-state index contributed by atoms with van der Waals surface area (Å²) in [4.78, 5) is 1.20. The van der Waals surface area contributed by atoms with Gasteiger partial charge in [-0.1, -0.05) is 35.9 Å². The number of aromatic hydroxyl groups is 1. The van der Waals surface area contributed by atoms with E-state index in [4.69, 9.17) is 11.6 Å². The molecule has 0 saturated carbocycles. The third-order valence-corrected chi connectivity index (χ3v) is 3.46. The Labute approximate surface area is 104 Å². The predicted octanol–water partition coefficient (Wildman–Crippen LogP) is 4.43. The van der Waals surface area contributed by atoms with Gasteiger partial charge in [-0.05, 0) is 35.6 Å². The van der Waals surface area contributed by atoms with Crippen molar-refractivity contribution >= 4 is 23.4 Å². The molecule has 2 rings (SSSR count). The first kappa shape index (κ1) is 11.4. The second-order valence-corrected chi connectivity index (χ2v) is 4.62. The van der Waals surface area contributed by atoms with Crippen molar-refractivity contribution in [2.45, 2.75) is 4.90 Å². The molecular formula is C13H11ClOS. The molecule has 1 nitrogen and oxygen atoms in total. The molecule has 1 N–H and O–H groups in total. The number of phenolic OH excluding ortho intramolecular Hbond substituents is 1. The largest absolute Gasteiger partial charge is 0.506 e. The SMILES string of the molecule is CSc1ccccc1-c1ccc(O)c(Cl)c1. The molecule has 0 amide bonds. The van der Waals surface area contributed by atoms with Gasteiger partial charge in [-0.25, -0.2) is 0 Å². The number of halogens is 1. The van der Waals surface area contributed by atoms with Gasteiger partial charge in [0.2, 0.25) is 0 Å². The van der Waals surface area contributed by atoms with Crippen molar-refractivity contribution in [1.82, 2.24) is 0 Å². The molecule has 0 unspecified atom stereocenters. The Kier molecular flexibility index (Phi) is 3.42. The summed E-state index contributed by atoms with van der Waals surface area (Å²) in [7, 11) is 0. The van der Waals surface area contributed by atoms with Crippen molar-refractivity contribution in [2.75, 3.05) is 6.26 Å². The van der Waals surface area contributed by atoms with Crippen molar-refractivity contribution in [2.24, 2.45) is 0 Å². The molecule has 0 bridgehead atoms. The van der Waals surface area contributed by atoms with Crippen molar-refractivity contribution in [1.29, 1.82) is 0 Å². The van der Waals surface area contributed by atoms with Crippen molar-refractivity contribution in [3.8, 4) is 16.9 Å². The van der Waals surface area contributed by atoms with Crippen LogP contribution in [-0.2, 0) is 0 Å². The third-order valence-electron chi connectivity index (χ3n) is 2.37. The lowest BCUT2D eigenvalue weighted by Gasteiger charge is -2.08. The molecule has 0 fully saturated rings. The minimum absolute atomic E-state index is 0.118. The molecule has 0 heterocycles. The first-order valence-electron chi connectivity index (χ1n) is 4.84. The molecule has 0 radical (unpaired) electrons. The molecule has 0 spiro atoms. The average Bonchev–Trinajstić information content (AvgIpc) is 2.32. The average molecular weight is 251 g/mol. The van der Waals surface area contributed by atoms with E-state index in [9.17, 15) is 5.11 Å². The molecule has 0 saturated heterocycles. The quantitative estimate of drug-likeness (QED) is 0.796. The van der Waals surface area contributed by atoms with Crippen LogP contribution < -0.4 is 0 Å². The van der Waals surface area contributed by atoms with Gasteiger partial charge < -0.3 is 5.11 Å². The summed E-state index contributed by atoms with van der Waals surface area (Å²) >= 11 is 7.60. The standard InChI is InChI=1S/C13H11ClOS/c1-16-13-5-3-2-4-10(13)9-6-7-12(15)11(14)8-9/h2-8,15H,1H3. The van der Waals surface area contributed by atoms with E-state index in [2.05, 4.69) is 12.1 Å². The van der Waals surface area contributed by atoms with E-state index in [1.165, 1.54) is 4.90 Å². The van der Waals surface area contributed by atoms with Gasteiger partial charge in [-0.15, -0.1) is 11.8 Å². The summed E-state index contributed by atoms with van der Waals surface area (Å²) < 4.78 is 0. The zero-order chi connectivity index (χ0) is 11.5. The van der Waals surface area contributed by atoms with Gasteiger partial charge in [0.25, 0.3) is 0 Å². The molecule has 3 heteroatoms. The molecular weight excluding hydrogens is 240 g/mol. The molecule has 0 aromatic heterocycles. The van der Waals surface area contributed by atoms with Crippen LogP contribution in [0.3, 0.4) is 0 Å². The van der Waals surface area contributed by atoms with Crippen LogP contribution in [0.1, 0.15) is 0 Å². The van der Waals surface area contributed by atoms with Crippen LogP contribution in [0.15, 0.2) is 47.4 Å². The van der Waals surface area contributed by atoms with E-state index in [0.717, 1.165) is 11.1 Å². The zero-order valence-corrected chi connectivity index (χ0v) is 10.3. The van der Waals surface area contributed by atoms with Crippen LogP contribution in [0.4, 0.5) is 0 Å². The van der Waals surface area contributed by atoms with Crippen molar-refractivity contribution in [3.63, 3.8) is 0 Å². The van der Waals surface area contributed by atoms with Gasteiger partial charge in [0.1, 0.15) is 5.75 Å². The molecule has 16 heavy (non-hydrogen) atoms. The lowest BCUT2D eigenvalue weighted by molar-refractivity contribution is 0.475. The Morgan fingerprint density at radius 3 is 2.56 bits per heavy atom. The van der Waals surface area contributed by atoms with Gasteiger partial charge >= 0.3 is 0 Å². The maximum Gasteiger partial charge on any atom is 0.134 e. The molecule has 2 aromatic carbocycles. The molecule has 0 aliphatic carbocycles. The second kappa shape index (κ2) is 4.81. The van der Waals surface area contributed by atoms with E-state index in [0.29, 0.717) is 5.02 Å². The highest BCUT2D eigenvalue weighted by molar-refractivity contribution is 7.98. The smallest absolute Gasteiger partial charge is 0.134 e. The lowest BCUT2D eigenvalue weighted by atomic mass is 10.1. The molecule has 0 aliphatic rings. The summed E-state index contributed by atoms with van der Waals surface area (Å²) in [6.45, 7) is 0. The van der Waals surface area contributed by atoms with Crippen LogP contribution in [0.5, 0.6) is 5.75 Å². The first-order valence-corrected chi connectivity index (χ1v) is 6.44. The van der Waals surface area contributed by atoms with Crippen LogP contribution in [0, 0.1) is 0 Å². The maximum atomic E-state index is 9.38. The Hall–Kier alpha value is -1.12. The number of thioether (sulfide) groups is 1.